The van der Waals surface area contributed by atoms with Crippen LogP contribution in [0.3, 0.4) is 0 Å². The Morgan fingerprint density at radius 1 is 1.14 bits per heavy atom. The van der Waals surface area contributed by atoms with Crippen LogP contribution in [0.1, 0.15) is 28.3 Å². The van der Waals surface area contributed by atoms with Gasteiger partial charge in [0, 0.05) is 11.5 Å². The Morgan fingerprint density at radius 2 is 2.00 bits per heavy atom. The Morgan fingerprint density at radius 3 is 2.81 bits per heavy atom. The molecule has 0 bridgehead atoms. The molecular weight excluding hydrogens is 258 g/mol. The summed E-state index contributed by atoms with van der Waals surface area (Å²) in [5, 5.41) is 7.41. The molecule has 1 aliphatic carbocycles. The Labute approximate surface area is 123 Å². The van der Waals surface area contributed by atoms with Gasteiger partial charge in [-0.3, -0.25) is 5.10 Å². The quantitative estimate of drug-likeness (QED) is 0.750. The molecule has 1 atom stereocenters. The molecule has 2 aromatic carbocycles. The third-order valence-electron chi connectivity index (χ3n) is 4.33. The van der Waals surface area contributed by atoms with E-state index in [0.717, 1.165) is 23.2 Å². The van der Waals surface area contributed by atoms with Crippen molar-refractivity contribution in [3.8, 4) is 11.1 Å². The van der Waals surface area contributed by atoms with Gasteiger partial charge in [0.1, 0.15) is 0 Å². The van der Waals surface area contributed by atoms with Gasteiger partial charge in [0.05, 0.1) is 5.69 Å². The standard InChI is InChI=1S/C18H17N3/c1-11-5-4-7-13(9-11)16-17(20-21-18(16)19)15-10-12-6-2-3-8-14(12)15/h2-9,15H,10H2,1H3,(H3,19,20,21). The van der Waals surface area contributed by atoms with Gasteiger partial charge in [-0.05, 0) is 30.0 Å². The van der Waals surface area contributed by atoms with Crippen molar-refractivity contribution in [3.05, 3.63) is 70.9 Å². The lowest BCUT2D eigenvalue weighted by molar-refractivity contribution is 0.683. The van der Waals surface area contributed by atoms with Crippen molar-refractivity contribution < 1.29 is 0 Å². The molecule has 104 valence electrons. The second kappa shape index (κ2) is 4.48. The van der Waals surface area contributed by atoms with E-state index in [-0.39, 0.29) is 0 Å². The van der Waals surface area contributed by atoms with E-state index in [2.05, 4.69) is 65.7 Å². The van der Waals surface area contributed by atoms with Crippen LogP contribution in [0.25, 0.3) is 11.1 Å². The van der Waals surface area contributed by atoms with Gasteiger partial charge in [-0.25, -0.2) is 0 Å². The fourth-order valence-corrected chi connectivity index (χ4v) is 3.24. The molecule has 3 nitrogen and oxygen atoms in total. The molecule has 1 unspecified atom stereocenters. The van der Waals surface area contributed by atoms with Crippen molar-refractivity contribution >= 4 is 5.82 Å². The molecule has 0 radical (unpaired) electrons. The average Bonchev–Trinajstić information content (AvgIpc) is 2.82. The van der Waals surface area contributed by atoms with E-state index in [4.69, 9.17) is 5.73 Å². The van der Waals surface area contributed by atoms with Crippen LogP contribution in [-0.4, -0.2) is 10.2 Å². The first kappa shape index (κ1) is 12.2. The van der Waals surface area contributed by atoms with Crippen molar-refractivity contribution in [2.45, 2.75) is 19.3 Å². The summed E-state index contributed by atoms with van der Waals surface area (Å²) in [5.41, 5.74) is 13.5. The normalized spacial score (nSPS) is 16.3. The molecule has 3 aromatic rings. The molecule has 3 N–H and O–H groups in total. The number of aryl methyl sites for hydroxylation is 1. The molecule has 0 saturated carbocycles. The first-order valence-electron chi connectivity index (χ1n) is 7.22. The van der Waals surface area contributed by atoms with Gasteiger partial charge in [0.2, 0.25) is 0 Å². The van der Waals surface area contributed by atoms with Crippen molar-refractivity contribution in [2.75, 3.05) is 5.73 Å². The number of fused-ring (bicyclic) bond motifs is 1. The van der Waals surface area contributed by atoms with Crippen LogP contribution in [0.5, 0.6) is 0 Å². The molecule has 0 amide bonds. The van der Waals surface area contributed by atoms with Crippen LogP contribution in [0, 0.1) is 6.92 Å². The summed E-state index contributed by atoms with van der Waals surface area (Å²) in [6.07, 6.45) is 1.05. The molecule has 4 rings (SSSR count). The number of aromatic amines is 1. The number of H-pyrrole nitrogens is 1. The number of benzene rings is 2. The number of nitrogens with one attached hydrogen (secondary N) is 1. The van der Waals surface area contributed by atoms with Gasteiger partial charge in [-0.1, -0.05) is 54.1 Å². The minimum absolute atomic E-state index is 0.376. The summed E-state index contributed by atoms with van der Waals surface area (Å²) in [6.45, 7) is 2.10. The highest BCUT2D eigenvalue weighted by atomic mass is 15.2. The minimum atomic E-state index is 0.376. The van der Waals surface area contributed by atoms with Crippen LogP contribution in [0.2, 0.25) is 0 Å². The fraction of sp³-hybridized carbons (Fsp3) is 0.167. The minimum Gasteiger partial charge on any atom is -0.382 e. The summed E-state index contributed by atoms with van der Waals surface area (Å²) in [7, 11) is 0. The molecular formula is C18H17N3. The molecule has 21 heavy (non-hydrogen) atoms. The number of rotatable bonds is 2. The number of hydrogen-bond donors (Lipinski definition) is 2. The van der Waals surface area contributed by atoms with Crippen LogP contribution in [-0.2, 0) is 6.42 Å². The maximum atomic E-state index is 6.12. The van der Waals surface area contributed by atoms with Gasteiger partial charge < -0.3 is 5.73 Å². The van der Waals surface area contributed by atoms with Crippen molar-refractivity contribution in [1.29, 1.82) is 0 Å². The lowest BCUT2D eigenvalue weighted by Crippen LogP contribution is -2.19. The maximum Gasteiger partial charge on any atom is 0.153 e. The SMILES string of the molecule is Cc1cccc(-c2c(N)n[nH]c2C2Cc3ccccc32)c1. The number of aromatic nitrogens is 2. The second-order valence-corrected chi connectivity index (χ2v) is 5.72. The third-order valence-corrected chi connectivity index (χ3v) is 4.33. The zero-order chi connectivity index (χ0) is 14.4. The Bertz CT molecular complexity index is 817. The van der Waals surface area contributed by atoms with Gasteiger partial charge in [0.15, 0.2) is 5.82 Å². The predicted octanol–water partition coefficient (Wildman–Crippen LogP) is 3.66. The fourth-order valence-electron chi connectivity index (χ4n) is 3.24. The average molecular weight is 275 g/mol. The number of anilines is 1. The highest BCUT2D eigenvalue weighted by Gasteiger charge is 2.31. The molecule has 3 heteroatoms. The van der Waals surface area contributed by atoms with Crippen LogP contribution in [0.15, 0.2) is 48.5 Å². The summed E-state index contributed by atoms with van der Waals surface area (Å²) in [5.74, 6) is 0.960. The van der Waals surface area contributed by atoms with Crippen LogP contribution in [0.4, 0.5) is 5.82 Å². The van der Waals surface area contributed by atoms with E-state index < -0.39 is 0 Å². The molecule has 0 spiro atoms. The number of nitrogens with two attached hydrogens (primary N) is 1. The van der Waals surface area contributed by atoms with Crippen LogP contribution < -0.4 is 5.73 Å². The van der Waals surface area contributed by atoms with Gasteiger partial charge >= 0.3 is 0 Å². The third kappa shape index (κ3) is 1.85. The Kier molecular flexibility index (Phi) is 2.61. The largest absolute Gasteiger partial charge is 0.382 e. The van der Waals surface area contributed by atoms with Crippen molar-refractivity contribution in [1.82, 2.24) is 10.2 Å². The second-order valence-electron chi connectivity index (χ2n) is 5.72. The maximum absolute atomic E-state index is 6.12. The molecule has 1 aromatic heterocycles. The van der Waals surface area contributed by atoms with Crippen LogP contribution >= 0.6 is 0 Å². The first-order valence-corrected chi connectivity index (χ1v) is 7.22. The highest BCUT2D eigenvalue weighted by molar-refractivity contribution is 5.78. The Balaban J connectivity index is 1.83. The van der Waals surface area contributed by atoms with E-state index in [9.17, 15) is 0 Å². The van der Waals surface area contributed by atoms with Gasteiger partial charge in [-0.2, -0.15) is 5.10 Å². The molecule has 0 fully saturated rings. The van der Waals surface area contributed by atoms with E-state index in [0.29, 0.717) is 11.7 Å². The Hall–Kier alpha value is -2.55. The van der Waals surface area contributed by atoms with Gasteiger partial charge in [-0.15, -0.1) is 0 Å². The van der Waals surface area contributed by atoms with Crippen molar-refractivity contribution in [2.24, 2.45) is 0 Å². The summed E-state index contributed by atoms with van der Waals surface area (Å²) in [4.78, 5) is 0. The van der Waals surface area contributed by atoms with E-state index in [1.165, 1.54) is 16.7 Å². The monoisotopic (exact) mass is 275 g/mol. The molecule has 0 saturated heterocycles. The van der Waals surface area contributed by atoms with E-state index in [1.54, 1.807) is 0 Å². The number of hydrogen-bond acceptors (Lipinski definition) is 2. The predicted molar refractivity (Wildman–Crippen MR) is 85.2 cm³/mol. The summed E-state index contributed by atoms with van der Waals surface area (Å²) in [6, 6.07) is 17.0. The van der Waals surface area contributed by atoms with E-state index >= 15 is 0 Å². The van der Waals surface area contributed by atoms with E-state index in [1.807, 2.05) is 0 Å². The lowest BCUT2D eigenvalue weighted by atomic mass is 9.74. The summed E-state index contributed by atoms with van der Waals surface area (Å²) < 4.78 is 0. The topological polar surface area (TPSA) is 54.7 Å². The first-order chi connectivity index (χ1) is 10.2. The smallest absolute Gasteiger partial charge is 0.153 e. The zero-order valence-electron chi connectivity index (χ0n) is 11.9. The number of nitrogen functional groups attached to an aromatic ring is 1. The molecule has 1 aliphatic rings. The molecule has 1 heterocycles. The highest BCUT2D eigenvalue weighted by Crippen LogP contribution is 2.44. The lowest BCUT2D eigenvalue weighted by Gasteiger charge is -2.30. The number of nitrogens with zero attached hydrogens (tertiary/aromatic N) is 1. The summed E-state index contributed by atoms with van der Waals surface area (Å²) >= 11 is 0. The van der Waals surface area contributed by atoms with Crippen molar-refractivity contribution in [3.63, 3.8) is 0 Å². The zero-order valence-corrected chi connectivity index (χ0v) is 11.9. The van der Waals surface area contributed by atoms with Gasteiger partial charge in [0.25, 0.3) is 0 Å². The molecule has 0 aliphatic heterocycles.